The minimum atomic E-state index is -4.40. The molecule has 0 aromatic heterocycles. The molecule has 1 aliphatic rings. The Balaban J connectivity index is 2.09. The first kappa shape index (κ1) is 14.8. The zero-order valence-electron chi connectivity index (χ0n) is 10.7. The Morgan fingerprint density at radius 2 is 2.00 bits per heavy atom. The summed E-state index contributed by atoms with van der Waals surface area (Å²) in [5, 5.41) is 0. The van der Waals surface area contributed by atoms with Crippen molar-refractivity contribution in [3.05, 3.63) is 35.4 Å². The van der Waals surface area contributed by atoms with Crippen molar-refractivity contribution in [2.45, 2.75) is 12.3 Å². The van der Waals surface area contributed by atoms with Crippen LogP contribution in [0.4, 0.5) is 13.2 Å². The summed E-state index contributed by atoms with van der Waals surface area (Å²) in [5.74, 6) is -0.305. The molecular weight excluding hydrogens is 273 g/mol. The highest BCUT2D eigenvalue weighted by molar-refractivity contribution is 5.94. The average molecular weight is 288 g/mol. The quantitative estimate of drug-likeness (QED) is 0.897. The second kappa shape index (κ2) is 5.80. The van der Waals surface area contributed by atoms with Crippen LogP contribution in [0.1, 0.15) is 15.9 Å². The van der Waals surface area contributed by atoms with E-state index >= 15 is 0 Å². The summed E-state index contributed by atoms with van der Waals surface area (Å²) in [7, 11) is 0. The maximum absolute atomic E-state index is 12.4. The molecular formula is C13H15F3N2O2. The van der Waals surface area contributed by atoms with Gasteiger partial charge in [-0.25, -0.2) is 0 Å². The van der Waals surface area contributed by atoms with Crippen LogP contribution in [0.15, 0.2) is 24.3 Å². The molecule has 0 aliphatic carbocycles. The topological polar surface area (TPSA) is 55.6 Å². The first-order valence-electron chi connectivity index (χ1n) is 6.20. The second-order valence-electron chi connectivity index (χ2n) is 4.55. The summed E-state index contributed by atoms with van der Waals surface area (Å²) >= 11 is 0. The molecule has 0 bridgehead atoms. The largest absolute Gasteiger partial charge is 0.416 e. The zero-order valence-corrected chi connectivity index (χ0v) is 10.7. The molecule has 1 aliphatic heterocycles. The predicted molar refractivity (Wildman–Crippen MR) is 66.1 cm³/mol. The summed E-state index contributed by atoms with van der Waals surface area (Å²) in [6, 6.07) is 4.21. The highest BCUT2D eigenvalue weighted by Gasteiger charge is 2.31. The molecule has 4 nitrogen and oxygen atoms in total. The van der Waals surface area contributed by atoms with Gasteiger partial charge in [-0.3, -0.25) is 4.79 Å². The van der Waals surface area contributed by atoms with E-state index in [1.807, 2.05) is 0 Å². The van der Waals surface area contributed by atoms with E-state index in [1.54, 1.807) is 4.90 Å². The molecule has 1 heterocycles. The van der Waals surface area contributed by atoms with Gasteiger partial charge in [-0.05, 0) is 24.3 Å². The number of ether oxygens (including phenoxy) is 1. The van der Waals surface area contributed by atoms with Crippen molar-refractivity contribution in [1.82, 2.24) is 4.90 Å². The number of carbonyl (C=O) groups excluding carboxylic acids is 1. The minimum absolute atomic E-state index is 0.220. The Morgan fingerprint density at radius 3 is 2.55 bits per heavy atom. The molecule has 2 rings (SSSR count). The van der Waals surface area contributed by atoms with Crippen molar-refractivity contribution in [3.63, 3.8) is 0 Å². The highest BCUT2D eigenvalue weighted by atomic mass is 19.4. The number of rotatable bonds is 2. The summed E-state index contributed by atoms with van der Waals surface area (Å²) in [6.07, 6.45) is -4.62. The molecule has 110 valence electrons. The molecule has 1 unspecified atom stereocenters. The molecule has 20 heavy (non-hydrogen) atoms. The van der Waals surface area contributed by atoms with E-state index < -0.39 is 11.7 Å². The Kier molecular flexibility index (Phi) is 4.29. The fourth-order valence-corrected chi connectivity index (χ4v) is 2.03. The van der Waals surface area contributed by atoms with Crippen molar-refractivity contribution in [1.29, 1.82) is 0 Å². The lowest BCUT2D eigenvalue weighted by molar-refractivity contribution is -0.137. The summed E-state index contributed by atoms with van der Waals surface area (Å²) in [6.45, 7) is 1.46. The monoisotopic (exact) mass is 288 g/mol. The second-order valence-corrected chi connectivity index (χ2v) is 4.55. The Hall–Kier alpha value is -1.60. The molecule has 1 aromatic rings. The molecule has 0 spiro atoms. The van der Waals surface area contributed by atoms with Gasteiger partial charge in [0.2, 0.25) is 0 Å². The number of hydrogen-bond donors (Lipinski definition) is 1. The number of halogens is 3. The van der Waals surface area contributed by atoms with Crippen molar-refractivity contribution in [2.75, 3.05) is 26.2 Å². The van der Waals surface area contributed by atoms with Crippen LogP contribution in [-0.2, 0) is 10.9 Å². The fourth-order valence-electron chi connectivity index (χ4n) is 2.03. The summed E-state index contributed by atoms with van der Waals surface area (Å²) < 4.78 is 42.7. The van der Waals surface area contributed by atoms with Crippen LogP contribution >= 0.6 is 0 Å². The van der Waals surface area contributed by atoms with Gasteiger partial charge in [0.1, 0.15) is 0 Å². The maximum atomic E-state index is 12.4. The lowest BCUT2D eigenvalue weighted by atomic mass is 10.1. The van der Waals surface area contributed by atoms with Gasteiger partial charge in [-0.2, -0.15) is 13.2 Å². The van der Waals surface area contributed by atoms with E-state index in [9.17, 15) is 18.0 Å². The van der Waals surface area contributed by atoms with Gasteiger partial charge in [0, 0.05) is 25.2 Å². The normalized spacial score (nSPS) is 20.0. The number of nitrogens with two attached hydrogens (primary N) is 1. The van der Waals surface area contributed by atoms with Gasteiger partial charge in [0.05, 0.1) is 18.3 Å². The van der Waals surface area contributed by atoms with Gasteiger partial charge >= 0.3 is 6.18 Å². The Morgan fingerprint density at radius 1 is 1.35 bits per heavy atom. The third-order valence-corrected chi connectivity index (χ3v) is 3.15. The third-order valence-electron chi connectivity index (χ3n) is 3.15. The number of alkyl halides is 3. The van der Waals surface area contributed by atoms with Crippen LogP contribution in [0, 0.1) is 0 Å². The van der Waals surface area contributed by atoms with Crippen LogP contribution in [0.2, 0.25) is 0 Å². The molecule has 1 aromatic carbocycles. The van der Waals surface area contributed by atoms with Crippen LogP contribution in [0.25, 0.3) is 0 Å². The fraction of sp³-hybridized carbons (Fsp3) is 0.462. The number of benzene rings is 1. The van der Waals surface area contributed by atoms with Crippen molar-refractivity contribution >= 4 is 5.91 Å². The van der Waals surface area contributed by atoms with Crippen LogP contribution in [0.3, 0.4) is 0 Å². The molecule has 1 fully saturated rings. The minimum Gasteiger partial charge on any atom is -0.373 e. The zero-order chi connectivity index (χ0) is 14.8. The van der Waals surface area contributed by atoms with E-state index in [0.717, 1.165) is 12.1 Å². The smallest absolute Gasteiger partial charge is 0.373 e. The molecule has 1 atom stereocenters. The van der Waals surface area contributed by atoms with E-state index in [2.05, 4.69) is 0 Å². The molecule has 0 radical (unpaired) electrons. The van der Waals surface area contributed by atoms with E-state index in [-0.39, 0.29) is 17.6 Å². The Bertz CT molecular complexity index is 473. The van der Waals surface area contributed by atoms with Crippen LogP contribution in [-0.4, -0.2) is 43.2 Å². The van der Waals surface area contributed by atoms with Crippen LogP contribution in [0.5, 0.6) is 0 Å². The standard InChI is InChI=1S/C13H15F3N2O2/c14-13(15,16)10-3-1-9(2-4-10)12(19)18-5-6-20-11(7-17)8-18/h1-4,11H,5-8,17H2. The average Bonchev–Trinajstić information content (AvgIpc) is 2.46. The highest BCUT2D eigenvalue weighted by Crippen LogP contribution is 2.29. The van der Waals surface area contributed by atoms with E-state index in [1.165, 1.54) is 12.1 Å². The predicted octanol–water partition coefficient (Wildman–Crippen LogP) is 1.51. The number of amides is 1. The first-order chi connectivity index (χ1) is 9.41. The molecule has 1 saturated heterocycles. The van der Waals surface area contributed by atoms with Crippen LogP contribution < -0.4 is 5.73 Å². The molecule has 7 heteroatoms. The lowest BCUT2D eigenvalue weighted by Crippen LogP contribution is -2.48. The van der Waals surface area contributed by atoms with Crippen molar-refractivity contribution in [2.24, 2.45) is 5.73 Å². The van der Waals surface area contributed by atoms with Gasteiger partial charge in [-0.1, -0.05) is 0 Å². The van der Waals surface area contributed by atoms with E-state index in [4.69, 9.17) is 10.5 Å². The lowest BCUT2D eigenvalue weighted by Gasteiger charge is -2.32. The van der Waals surface area contributed by atoms with E-state index in [0.29, 0.717) is 26.2 Å². The summed E-state index contributed by atoms with van der Waals surface area (Å²) in [4.78, 5) is 13.7. The number of nitrogens with zero attached hydrogens (tertiary/aromatic N) is 1. The maximum Gasteiger partial charge on any atom is 0.416 e. The SMILES string of the molecule is NCC1CN(C(=O)c2ccc(C(F)(F)F)cc2)CCO1. The molecule has 0 saturated carbocycles. The number of hydrogen-bond acceptors (Lipinski definition) is 3. The third kappa shape index (κ3) is 3.29. The molecule has 1 amide bonds. The van der Waals surface area contributed by atoms with Gasteiger partial charge in [-0.15, -0.1) is 0 Å². The Labute approximate surface area is 114 Å². The van der Waals surface area contributed by atoms with Gasteiger partial charge in [0.25, 0.3) is 5.91 Å². The number of morpholine rings is 1. The number of carbonyl (C=O) groups is 1. The first-order valence-corrected chi connectivity index (χ1v) is 6.20. The van der Waals surface area contributed by atoms with Crippen molar-refractivity contribution < 1.29 is 22.7 Å². The van der Waals surface area contributed by atoms with Crippen molar-refractivity contribution in [3.8, 4) is 0 Å². The van der Waals surface area contributed by atoms with Gasteiger partial charge < -0.3 is 15.4 Å². The summed E-state index contributed by atoms with van der Waals surface area (Å²) in [5.41, 5.74) is 4.95. The van der Waals surface area contributed by atoms with Gasteiger partial charge in [0.15, 0.2) is 0 Å². The molecule has 2 N–H and O–H groups in total.